The number of tetrazole rings is 1. The van der Waals surface area contributed by atoms with E-state index >= 15 is 0 Å². The molecular weight excluding hydrogens is 496 g/mol. The summed E-state index contributed by atoms with van der Waals surface area (Å²) in [5.74, 6) is 2.28. The highest BCUT2D eigenvalue weighted by atomic mass is 16.7. The Balaban J connectivity index is 1.37. The first-order chi connectivity index (χ1) is 19.1. The molecule has 0 amide bonds. The summed E-state index contributed by atoms with van der Waals surface area (Å²) < 4.78 is 18.9. The highest BCUT2D eigenvalue weighted by Crippen LogP contribution is 2.35. The molecule has 1 saturated heterocycles. The van der Waals surface area contributed by atoms with Crippen LogP contribution >= 0.6 is 0 Å². The molecule has 10 nitrogen and oxygen atoms in total. The van der Waals surface area contributed by atoms with Crippen LogP contribution in [0.3, 0.4) is 0 Å². The van der Waals surface area contributed by atoms with Crippen molar-refractivity contribution in [3.63, 3.8) is 0 Å². The van der Waals surface area contributed by atoms with E-state index in [-0.39, 0.29) is 24.5 Å². The maximum atomic E-state index is 13.3. The molecule has 6 rings (SSSR count). The fraction of sp³-hybridized carbons (Fsp3) is 0.448. The molecule has 4 heterocycles. The van der Waals surface area contributed by atoms with E-state index in [9.17, 15) is 4.79 Å². The van der Waals surface area contributed by atoms with Gasteiger partial charge < -0.3 is 19.2 Å². The minimum absolute atomic E-state index is 0.0818. The van der Waals surface area contributed by atoms with Gasteiger partial charge in [0.1, 0.15) is 0 Å². The van der Waals surface area contributed by atoms with Gasteiger partial charge in [0.2, 0.25) is 6.79 Å². The molecule has 2 aliphatic heterocycles. The van der Waals surface area contributed by atoms with Gasteiger partial charge in [0, 0.05) is 25.3 Å². The van der Waals surface area contributed by atoms with Gasteiger partial charge in [0.15, 0.2) is 17.3 Å². The van der Waals surface area contributed by atoms with Gasteiger partial charge in [-0.05, 0) is 71.3 Å². The molecule has 10 heteroatoms. The molecule has 204 valence electrons. The van der Waals surface area contributed by atoms with Gasteiger partial charge in [-0.25, -0.2) is 4.68 Å². The Morgan fingerprint density at radius 2 is 2.05 bits per heavy atom. The SMILES string of the molecule is CCCC(c1nnnn1CC1CCCO1)N(Cc1ccc2c(c1)OCO2)Cc1cc2cccc(C)c2[nH]c1=O. The van der Waals surface area contributed by atoms with Crippen LogP contribution in [0.4, 0.5) is 0 Å². The number of aryl methyl sites for hydroxylation is 1. The predicted octanol–water partition coefficient (Wildman–Crippen LogP) is 4.27. The largest absolute Gasteiger partial charge is 0.454 e. The fourth-order valence-corrected chi connectivity index (χ4v) is 5.62. The topological polar surface area (TPSA) is 107 Å². The van der Waals surface area contributed by atoms with E-state index in [2.05, 4.69) is 32.3 Å². The van der Waals surface area contributed by atoms with Crippen molar-refractivity contribution in [3.8, 4) is 11.5 Å². The molecule has 1 N–H and O–H groups in total. The number of fused-ring (bicyclic) bond motifs is 2. The molecule has 2 aromatic carbocycles. The molecule has 0 aliphatic carbocycles. The Morgan fingerprint density at radius 1 is 1.15 bits per heavy atom. The lowest BCUT2D eigenvalue weighted by molar-refractivity contribution is 0.0885. The van der Waals surface area contributed by atoms with Crippen LogP contribution in [0.5, 0.6) is 11.5 Å². The van der Waals surface area contributed by atoms with Crippen LogP contribution in [0.2, 0.25) is 0 Å². The van der Waals surface area contributed by atoms with Crippen LogP contribution in [0.15, 0.2) is 47.3 Å². The van der Waals surface area contributed by atoms with Crippen molar-refractivity contribution < 1.29 is 14.2 Å². The number of rotatable bonds is 10. The van der Waals surface area contributed by atoms with Crippen molar-refractivity contribution in [2.24, 2.45) is 0 Å². The molecule has 2 unspecified atom stereocenters. The third-order valence-electron chi connectivity index (χ3n) is 7.62. The molecule has 0 radical (unpaired) electrons. The molecule has 4 aromatic rings. The lowest BCUT2D eigenvalue weighted by atomic mass is 10.0. The van der Waals surface area contributed by atoms with Crippen LogP contribution < -0.4 is 15.0 Å². The van der Waals surface area contributed by atoms with Gasteiger partial charge in [-0.2, -0.15) is 0 Å². The molecule has 1 fully saturated rings. The molecular formula is C29H34N6O4. The Labute approximate surface area is 226 Å². The lowest BCUT2D eigenvalue weighted by Gasteiger charge is -2.31. The van der Waals surface area contributed by atoms with Crippen LogP contribution in [0.1, 0.15) is 61.2 Å². The average molecular weight is 531 g/mol. The van der Waals surface area contributed by atoms with Gasteiger partial charge in [-0.1, -0.05) is 37.6 Å². The number of hydrogen-bond donors (Lipinski definition) is 1. The first kappa shape index (κ1) is 25.5. The molecule has 2 aliphatic rings. The van der Waals surface area contributed by atoms with Gasteiger partial charge in [-0.3, -0.25) is 9.69 Å². The third-order valence-corrected chi connectivity index (χ3v) is 7.62. The number of para-hydroxylation sites is 1. The highest BCUT2D eigenvalue weighted by Gasteiger charge is 2.29. The van der Waals surface area contributed by atoms with E-state index in [4.69, 9.17) is 14.2 Å². The minimum Gasteiger partial charge on any atom is -0.454 e. The summed E-state index contributed by atoms with van der Waals surface area (Å²) in [6, 6.07) is 14.0. The number of nitrogens with zero attached hydrogens (tertiary/aromatic N) is 5. The Bertz CT molecular complexity index is 1510. The number of ether oxygens (including phenoxy) is 3. The number of benzene rings is 2. The summed E-state index contributed by atoms with van der Waals surface area (Å²) in [4.78, 5) is 18.7. The minimum atomic E-state index is -0.107. The van der Waals surface area contributed by atoms with Gasteiger partial charge in [-0.15, -0.1) is 5.10 Å². The van der Waals surface area contributed by atoms with Gasteiger partial charge in [0.05, 0.1) is 24.2 Å². The summed E-state index contributed by atoms with van der Waals surface area (Å²) in [5.41, 5.74) is 3.60. The summed E-state index contributed by atoms with van der Waals surface area (Å²) >= 11 is 0. The highest BCUT2D eigenvalue weighted by molar-refractivity contribution is 5.81. The normalized spacial score (nSPS) is 17.4. The van der Waals surface area contributed by atoms with E-state index in [0.29, 0.717) is 25.2 Å². The monoisotopic (exact) mass is 530 g/mol. The van der Waals surface area contributed by atoms with Crippen LogP contribution in [-0.2, 0) is 24.4 Å². The predicted molar refractivity (Wildman–Crippen MR) is 146 cm³/mol. The standard InChI is InChI=1S/C29H34N6O4/c1-3-6-24(28-31-32-33-35(28)17-23-9-5-12-37-23)34(15-20-10-11-25-26(13-20)39-18-38-25)16-22-14-21-8-4-7-19(2)27(21)30-29(22)36/h4,7-8,10-11,13-14,23-24H,3,5-6,9,12,15-18H2,1-2H3,(H,30,36). The maximum absolute atomic E-state index is 13.3. The van der Waals surface area contributed by atoms with Crippen LogP contribution in [-0.4, -0.2) is 49.6 Å². The Hall–Kier alpha value is -3.76. The fourth-order valence-electron chi connectivity index (χ4n) is 5.62. The van der Waals surface area contributed by atoms with Crippen molar-refractivity contribution >= 4 is 10.9 Å². The van der Waals surface area contributed by atoms with Crippen molar-refractivity contribution in [3.05, 3.63) is 75.3 Å². The molecule has 2 atom stereocenters. The number of nitrogens with one attached hydrogen (secondary N) is 1. The molecule has 2 aromatic heterocycles. The van der Waals surface area contributed by atoms with E-state index in [1.165, 1.54) is 0 Å². The maximum Gasteiger partial charge on any atom is 0.252 e. The van der Waals surface area contributed by atoms with Gasteiger partial charge >= 0.3 is 0 Å². The van der Waals surface area contributed by atoms with Crippen LogP contribution in [0.25, 0.3) is 10.9 Å². The van der Waals surface area contributed by atoms with E-state index in [0.717, 1.165) is 71.6 Å². The second kappa shape index (κ2) is 11.2. The van der Waals surface area contributed by atoms with Gasteiger partial charge in [0.25, 0.3) is 5.56 Å². The summed E-state index contributed by atoms with van der Waals surface area (Å²) in [5, 5.41) is 13.9. The summed E-state index contributed by atoms with van der Waals surface area (Å²) in [6.07, 6.45) is 3.94. The van der Waals surface area contributed by atoms with E-state index < -0.39 is 0 Å². The molecule has 0 spiro atoms. The first-order valence-corrected chi connectivity index (χ1v) is 13.7. The molecule has 0 bridgehead atoms. The second-order valence-electron chi connectivity index (χ2n) is 10.4. The van der Waals surface area contributed by atoms with Crippen molar-refractivity contribution in [2.45, 2.75) is 71.3 Å². The van der Waals surface area contributed by atoms with E-state index in [1.54, 1.807) is 0 Å². The summed E-state index contributed by atoms with van der Waals surface area (Å²) in [6.45, 7) is 6.81. The lowest BCUT2D eigenvalue weighted by Crippen LogP contribution is -2.33. The third kappa shape index (κ3) is 5.39. The van der Waals surface area contributed by atoms with Crippen molar-refractivity contribution in [2.75, 3.05) is 13.4 Å². The molecule has 39 heavy (non-hydrogen) atoms. The molecule has 0 saturated carbocycles. The first-order valence-electron chi connectivity index (χ1n) is 13.7. The number of aromatic amines is 1. The smallest absolute Gasteiger partial charge is 0.252 e. The number of aromatic nitrogens is 5. The zero-order chi connectivity index (χ0) is 26.8. The number of H-pyrrole nitrogens is 1. The Morgan fingerprint density at radius 3 is 2.90 bits per heavy atom. The van der Waals surface area contributed by atoms with Crippen molar-refractivity contribution in [1.29, 1.82) is 0 Å². The van der Waals surface area contributed by atoms with Crippen LogP contribution in [0, 0.1) is 6.92 Å². The number of pyridine rings is 1. The quantitative estimate of drug-likeness (QED) is 0.324. The number of hydrogen-bond acceptors (Lipinski definition) is 8. The van der Waals surface area contributed by atoms with E-state index in [1.807, 2.05) is 54.1 Å². The second-order valence-corrected chi connectivity index (χ2v) is 10.4. The van der Waals surface area contributed by atoms with Crippen molar-refractivity contribution in [1.82, 2.24) is 30.1 Å². The summed E-state index contributed by atoms with van der Waals surface area (Å²) in [7, 11) is 0. The zero-order valence-electron chi connectivity index (χ0n) is 22.4. The average Bonchev–Trinajstić information content (AvgIpc) is 3.71. The Kier molecular flexibility index (Phi) is 7.30. The zero-order valence-corrected chi connectivity index (χ0v) is 22.4.